The minimum atomic E-state index is -3.85. The first kappa shape index (κ1) is 22.9. The number of carbonyl (C=O) groups is 1. The molecule has 2 heterocycles. The average Bonchev–Trinajstić information content (AvgIpc) is 3.61. The molecule has 3 aliphatic rings. The van der Waals surface area contributed by atoms with Gasteiger partial charge in [-0.25, -0.2) is 8.42 Å². The van der Waals surface area contributed by atoms with Crippen LogP contribution in [0.3, 0.4) is 0 Å². The molecule has 1 amide bonds. The van der Waals surface area contributed by atoms with Gasteiger partial charge in [-0.15, -0.1) is 0 Å². The Morgan fingerprint density at radius 1 is 1.09 bits per heavy atom. The number of ether oxygens (including phenoxy) is 1. The maximum Gasteiger partial charge on any atom is 0.280 e. The number of aryl methyl sites for hydroxylation is 1. The molecule has 5 rings (SSSR count). The van der Waals surface area contributed by atoms with Crippen molar-refractivity contribution < 1.29 is 17.9 Å². The van der Waals surface area contributed by atoms with E-state index in [9.17, 15) is 13.2 Å². The van der Waals surface area contributed by atoms with Crippen LogP contribution in [-0.2, 0) is 15.6 Å². The number of amides is 1. The second-order valence-electron chi connectivity index (χ2n) is 8.99. The topological polar surface area (TPSA) is 131 Å². The molecule has 0 atom stereocenters. The van der Waals surface area contributed by atoms with Gasteiger partial charge in [-0.3, -0.25) is 9.69 Å². The molecule has 1 saturated carbocycles. The molecule has 1 aliphatic carbocycles. The lowest BCUT2D eigenvalue weighted by atomic mass is 10.1. The third kappa shape index (κ3) is 4.33. The first-order chi connectivity index (χ1) is 16.1. The molecule has 180 valence electrons. The number of aliphatic imine (C=N–C) groups is 1. The average molecular weight is 504 g/mol. The Morgan fingerprint density at radius 2 is 1.79 bits per heavy atom. The maximum absolute atomic E-state index is 13.4. The number of hydrogen-bond acceptors (Lipinski definition) is 6. The molecular formula is C23H26ClN5O4S. The number of fused-ring (bicyclic) bond motifs is 2. The molecule has 9 nitrogen and oxygen atoms in total. The summed E-state index contributed by atoms with van der Waals surface area (Å²) in [6, 6.07) is 7.15. The van der Waals surface area contributed by atoms with E-state index >= 15 is 0 Å². The van der Waals surface area contributed by atoms with Gasteiger partial charge in [-0.1, -0.05) is 11.6 Å². The Balaban J connectivity index is 1.50. The molecular weight excluding hydrogens is 478 g/mol. The summed E-state index contributed by atoms with van der Waals surface area (Å²) in [5.74, 6) is -0.969. The molecule has 0 aromatic heterocycles. The fourth-order valence-electron chi connectivity index (χ4n) is 4.62. The SMILES string of the molecule is Cc1cc(C(=O)N=C(N)N)cc2c1Oc1c(Cl)cc(N3CCN(C4CC4)CC3)cc1CS2(=O)=O. The minimum absolute atomic E-state index is 0.0584. The van der Waals surface area contributed by atoms with Crippen LogP contribution in [0.15, 0.2) is 34.2 Å². The third-order valence-electron chi connectivity index (χ3n) is 6.45. The summed E-state index contributed by atoms with van der Waals surface area (Å²) in [5, 5.41) is 0.347. The number of carbonyl (C=O) groups excluding carboxylic acids is 1. The second-order valence-corrected chi connectivity index (χ2v) is 11.4. The van der Waals surface area contributed by atoms with Crippen molar-refractivity contribution in [2.75, 3.05) is 31.1 Å². The Bertz CT molecular complexity index is 1310. The van der Waals surface area contributed by atoms with Crippen LogP contribution in [0.25, 0.3) is 0 Å². The number of nitrogens with zero attached hydrogens (tertiary/aromatic N) is 3. The molecule has 1 saturated heterocycles. The summed E-state index contributed by atoms with van der Waals surface area (Å²) < 4.78 is 32.9. The van der Waals surface area contributed by atoms with Gasteiger partial charge in [0.15, 0.2) is 15.8 Å². The number of sulfone groups is 1. The number of piperazine rings is 1. The van der Waals surface area contributed by atoms with E-state index in [1.165, 1.54) is 25.0 Å². The van der Waals surface area contributed by atoms with Crippen molar-refractivity contribution in [3.8, 4) is 11.5 Å². The lowest BCUT2D eigenvalue weighted by Gasteiger charge is -2.36. The van der Waals surface area contributed by atoms with Gasteiger partial charge in [0.2, 0.25) is 0 Å². The molecule has 2 aromatic carbocycles. The second kappa shape index (κ2) is 8.44. The van der Waals surface area contributed by atoms with Gasteiger partial charge in [0.05, 0.1) is 10.8 Å². The highest BCUT2D eigenvalue weighted by molar-refractivity contribution is 7.90. The number of halogens is 1. The Hall–Kier alpha value is -2.82. The van der Waals surface area contributed by atoms with Crippen molar-refractivity contribution >= 4 is 39.0 Å². The molecule has 0 radical (unpaired) electrons. The van der Waals surface area contributed by atoms with Crippen LogP contribution >= 0.6 is 11.6 Å². The fourth-order valence-corrected chi connectivity index (χ4v) is 6.46. The summed E-state index contributed by atoms with van der Waals surface area (Å²) in [7, 11) is -3.85. The van der Waals surface area contributed by atoms with E-state index in [0.29, 0.717) is 21.9 Å². The molecule has 4 N–H and O–H groups in total. The van der Waals surface area contributed by atoms with Crippen LogP contribution in [0.2, 0.25) is 5.02 Å². The zero-order chi connectivity index (χ0) is 24.2. The minimum Gasteiger partial charge on any atom is -0.454 e. The zero-order valence-corrected chi connectivity index (χ0v) is 20.3. The number of rotatable bonds is 3. The summed E-state index contributed by atoms with van der Waals surface area (Å²) in [5.41, 5.74) is 12.5. The first-order valence-corrected chi connectivity index (χ1v) is 13.2. The summed E-state index contributed by atoms with van der Waals surface area (Å²) in [6.45, 7) is 5.33. The summed E-state index contributed by atoms with van der Waals surface area (Å²) in [4.78, 5) is 20.5. The van der Waals surface area contributed by atoms with E-state index in [0.717, 1.165) is 37.9 Å². The summed E-state index contributed by atoms with van der Waals surface area (Å²) >= 11 is 6.62. The quantitative estimate of drug-likeness (QED) is 0.482. The lowest BCUT2D eigenvalue weighted by molar-refractivity contribution is 0.100. The van der Waals surface area contributed by atoms with Gasteiger partial charge in [0.25, 0.3) is 5.91 Å². The van der Waals surface area contributed by atoms with Crippen molar-refractivity contribution in [3.05, 3.63) is 46.0 Å². The predicted molar refractivity (Wildman–Crippen MR) is 131 cm³/mol. The largest absolute Gasteiger partial charge is 0.454 e. The van der Waals surface area contributed by atoms with Gasteiger partial charge < -0.3 is 21.1 Å². The van der Waals surface area contributed by atoms with Crippen LogP contribution in [0.1, 0.15) is 34.3 Å². The van der Waals surface area contributed by atoms with E-state index in [1.54, 1.807) is 6.92 Å². The molecule has 0 spiro atoms. The van der Waals surface area contributed by atoms with E-state index in [-0.39, 0.29) is 22.0 Å². The van der Waals surface area contributed by atoms with Crippen LogP contribution in [0.5, 0.6) is 11.5 Å². The maximum atomic E-state index is 13.4. The Morgan fingerprint density at radius 3 is 2.44 bits per heavy atom. The fraction of sp³-hybridized carbons (Fsp3) is 0.391. The summed E-state index contributed by atoms with van der Waals surface area (Å²) in [6.07, 6.45) is 2.55. The van der Waals surface area contributed by atoms with Crippen molar-refractivity contribution in [2.24, 2.45) is 16.5 Å². The Labute approximate surface area is 203 Å². The molecule has 2 fully saturated rings. The molecule has 34 heavy (non-hydrogen) atoms. The van der Waals surface area contributed by atoms with Crippen molar-refractivity contribution in [1.29, 1.82) is 0 Å². The number of guanidine groups is 1. The molecule has 2 aliphatic heterocycles. The van der Waals surface area contributed by atoms with Crippen LogP contribution < -0.4 is 21.1 Å². The van der Waals surface area contributed by atoms with Crippen LogP contribution in [0, 0.1) is 6.92 Å². The highest BCUT2D eigenvalue weighted by atomic mass is 35.5. The van der Waals surface area contributed by atoms with Crippen molar-refractivity contribution in [1.82, 2.24) is 4.90 Å². The van der Waals surface area contributed by atoms with Gasteiger partial charge in [0, 0.05) is 49.0 Å². The normalized spacial score (nSPS) is 19.4. The molecule has 0 bridgehead atoms. The van der Waals surface area contributed by atoms with Crippen LogP contribution in [0.4, 0.5) is 5.69 Å². The molecule has 11 heteroatoms. The van der Waals surface area contributed by atoms with Crippen LogP contribution in [-0.4, -0.2) is 57.4 Å². The number of anilines is 1. The van der Waals surface area contributed by atoms with E-state index in [1.807, 2.05) is 12.1 Å². The van der Waals surface area contributed by atoms with E-state index < -0.39 is 21.7 Å². The number of nitrogens with two attached hydrogens (primary N) is 2. The smallest absolute Gasteiger partial charge is 0.280 e. The monoisotopic (exact) mass is 503 g/mol. The van der Waals surface area contributed by atoms with Crippen molar-refractivity contribution in [3.63, 3.8) is 0 Å². The van der Waals surface area contributed by atoms with Gasteiger partial charge >= 0.3 is 0 Å². The van der Waals surface area contributed by atoms with Gasteiger partial charge in [0.1, 0.15) is 16.4 Å². The van der Waals surface area contributed by atoms with Gasteiger partial charge in [-0.05, 0) is 49.6 Å². The first-order valence-electron chi connectivity index (χ1n) is 11.1. The Kier molecular flexibility index (Phi) is 5.70. The number of hydrogen-bond donors (Lipinski definition) is 2. The van der Waals surface area contributed by atoms with Gasteiger partial charge in [-0.2, -0.15) is 4.99 Å². The van der Waals surface area contributed by atoms with E-state index in [4.69, 9.17) is 27.8 Å². The van der Waals surface area contributed by atoms with E-state index in [2.05, 4.69) is 14.8 Å². The standard InChI is InChI=1S/C23H26ClN5O4S/c1-13-8-14(22(30)27-23(25)26)10-19-20(13)33-21-15(12-34(19,31)32)9-17(11-18(21)24)29-6-4-28(5-7-29)16-2-3-16/h8-11,16H,2-7,12H2,1H3,(H4,25,26,27,30). The van der Waals surface area contributed by atoms with Crippen molar-refractivity contribution in [2.45, 2.75) is 36.5 Å². The highest BCUT2D eigenvalue weighted by Gasteiger charge is 2.33. The zero-order valence-electron chi connectivity index (χ0n) is 18.8. The lowest BCUT2D eigenvalue weighted by Crippen LogP contribution is -2.47. The highest BCUT2D eigenvalue weighted by Crippen LogP contribution is 2.45. The molecule has 2 aromatic rings. The predicted octanol–water partition coefficient (Wildman–Crippen LogP) is 2.43. The number of benzene rings is 2. The molecule has 0 unspecified atom stereocenters. The third-order valence-corrected chi connectivity index (χ3v) is 8.40.